The zero-order valence-electron chi connectivity index (χ0n) is 16.7. The maximum Gasteiger partial charge on any atom is 0.271 e. The fourth-order valence-corrected chi connectivity index (χ4v) is 3.22. The van der Waals surface area contributed by atoms with Crippen LogP contribution in [0.4, 0.5) is 5.69 Å². The van der Waals surface area contributed by atoms with Gasteiger partial charge in [0.15, 0.2) is 0 Å². The van der Waals surface area contributed by atoms with Crippen molar-refractivity contribution in [2.75, 3.05) is 18.0 Å². The number of anilines is 1. The highest BCUT2D eigenvalue weighted by Crippen LogP contribution is 2.29. The summed E-state index contributed by atoms with van der Waals surface area (Å²) >= 11 is 0. The van der Waals surface area contributed by atoms with E-state index in [1.807, 2.05) is 44.2 Å². The van der Waals surface area contributed by atoms with Gasteiger partial charge >= 0.3 is 0 Å². The van der Waals surface area contributed by atoms with Gasteiger partial charge in [-0.15, -0.1) is 0 Å². The number of hydrogen-bond acceptors (Lipinski definition) is 4. The molecule has 1 aliphatic rings. The van der Waals surface area contributed by atoms with E-state index in [9.17, 15) is 14.9 Å². The van der Waals surface area contributed by atoms with Crippen LogP contribution in [-0.4, -0.2) is 35.8 Å². The van der Waals surface area contributed by atoms with Crippen LogP contribution in [0.1, 0.15) is 46.6 Å². The molecular formula is C22H27N3O2. The van der Waals surface area contributed by atoms with Crippen molar-refractivity contribution in [2.24, 2.45) is 0 Å². The van der Waals surface area contributed by atoms with E-state index in [2.05, 4.69) is 18.7 Å². The molecule has 0 aromatic heterocycles. The first-order valence-electron chi connectivity index (χ1n) is 9.45. The Morgan fingerprint density at radius 2 is 1.70 bits per heavy atom. The highest BCUT2D eigenvalue weighted by molar-refractivity contribution is 6.19. The zero-order chi connectivity index (χ0) is 20.1. The van der Waals surface area contributed by atoms with E-state index in [1.54, 1.807) is 13.0 Å². The average molecular weight is 365 g/mol. The maximum absolute atomic E-state index is 13.0. The van der Waals surface area contributed by atoms with Crippen LogP contribution in [-0.2, 0) is 9.59 Å². The molecule has 27 heavy (non-hydrogen) atoms. The maximum atomic E-state index is 13.0. The molecule has 0 fully saturated rings. The van der Waals surface area contributed by atoms with E-state index < -0.39 is 5.91 Å². The number of amides is 2. The predicted octanol–water partition coefficient (Wildman–Crippen LogP) is 3.92. The van der Waals surface area contributed by atoms with E-state index in [1.165, 1.54) is 4.90 Å². The van der Waals surface area contributed by atoms with Crippen LogP contribution in [0.25, 0.3) is 6.08 Å². The lowest BCUT2D eigenvalue weighted by Gasteiger charge is -2.31. The number of carbonyl (C=O) groups excluding carboxylic acids is 2. The quantitative estimate of drug-likeness (QED) is 0.566. The highest BCUT2D eigenvalue weighted by atomic mass is 16.2. The summed E-state index contributed by atoms with van der Waals surface area (Å²) in [6.07, 6.45) is 2.41. The first-order chi connectivity index (χ1) is 12.9. The van der Waals surface area contributed by atoms with E-state index in [-0.39, 0.29) is 17.5 Å². The number of benzene rings is 1. The third-order valence-corrected chi connectivity index (χ3v) is 5.14. The molecule has 0 saturated heterocycles. The summed E-state index contributed by atoms with van der Waals surface area (Å²) in [5.41, 5.74) is 2.88. The molecule has 0 N–H and O–H groups in total. The van der Waals surface area contributed by atoms with Crippen LogP contribution >= 0.6 is 0 Å². The van der Waals surface area contributed by atoms with Crippen LogP contribution in [0, 0.1) is 11.3 Å². The Kier molecular flexibility index (Phi) is 6.57. The second-order valence-electron chi connectivity index (χ2n) is 6.67. The number of nitrogens with zero attached hydrogens (tertiary/aromatic N) is 3. The van der Waals surface area contributed by atoms with E-state index >= 15 is 0 Å². The first-order valence-corrected chi connectivity index (χ1v) is 9.45. The molecule has 0 saturated carbocycles. The lowest BCUT2D eigenvalue weighted by molar-refractivity contribution is -0.142. The minimum atomic E-state index is -0.497. The summed E-state index contributed by atoms with van der Waals surface area (Å²) in [6.45, 7) is 11.5. The van der Waals surface area contributed by atoms with Gasteiger partial charge in [-0.25, -0.2) is 0 Å². The van der Waals surface area contributed by atoms with E-state index in [4.69, 9.17) is 0 Å². The Morgan fingerprint density at radius 3 is 2.19 bits per heavy atom. The van der Waals surface area contributed by atoms with Gasteiger partial charge in [-0.2, -0.15) is 5.26 Å². The summed E-state index contributed by atoms with van der Waals surface area (Å²) in [5.74, 6) is -0.831. The summed E-state index contributed by atoms with van der Waals surface area (Å²) in [5, 5.41) is 9.43. The van der Waals surface area contributed by atoms with Crippen molar-refractivity contribution < 1.29 is 9.59 Å². The van der Waals surface area contributed by atoms with Gasteiger partial charge in [0, 0.05) is 30.4 Å². The monoisotopic (exact) mass is 365 g/mol. The summed E-state index contributed by atoms with van der Waals surface area (Å²) in [6, 6.07) is 9.68. The molecule has 142 valence electrons. The number of rotatable bonds is 6. The summed E-state index contributed by atoms with van der Waals surface area (Å²) in [4.78, 5) is 29.0. The van der Waals surface area contributed by atoms with Gasteiger partial charge in [0.2, 0.25) is 0 Å². The lowest BCUT2D eigenvalue weighted by Crippen LogP contribution is -2.47. The number of imide groups is 1. The molecule has 1 aromatic carbocycles. The molecule has 2 amide bonds. The second kappa shape index (κ2) is 8.68. The Morgan fingerprint density at radius 1 is 1.11 bits per heavy atom. The Labute approximate surface area is 161 Å². The molecule has 1 unspecified atom stereocenters. The van der Waals surface area contributed by atoms with Crippen LogP contribution in [0.5, 0.6) is 0 Å². The van der Waals surface area contributed by atoms with Crippen molar-refractivity contribution in [3.8, 4) is 6.07 Å². The largest absolute Gasteiger partial charge is 0.372 e. The fourth-order valence-electron chi connectivity index (χ4n) is 3.22. The normalized spacial score (nSPS) is 17.3. The van der Waals surface area contributed by atoms with Crippen molar-refractivity contribution in [2.45, 2.75) is 47.1 Å². The standard InChI is InChI=1S/C22H27N3O2/c1-6-15(4)25-21(26)19(16(5)20(14-23)22(25)27)13-17-9-11-18(12-10-17)24(7-2)8-3/h9-13,15H,6-8H2,1-5H3/b19-13+. The Hall–Kier alpha value is -2.87. The Balaban J connectivity index is 2.48. The van der Waals surface area contributed by atoms with Gasteiger partial charge in [0.05, 0.1) is 0 Å². The van der Waals surface area contributed by atoms with E-state index in [0.717, 1.165) is 24.3 Å². The molecule has 0 spiro atoms. The van der Waals surface area contributed by atoms with Gasteiger partial charge < -0.3 is 4.90 Å². The van der Waals surface area contributed by atoms with Crippen molar-refractivity contribution in [3.05, 3.63) is 46.5 Å². The van der Waals surface area contributed by atoms with E-state index in [0.29, 0.717) is 17.6 Å². The number of nitriles is 1. The van der Waals surface area contributed by atoms with Crippen LogP contribution in [0.15, 0.2) is 41.0 Å². The average Bonchev–Trinajstić information content (AvgIpc) is 2.67. The molecule has 1 atom stereocenters. The molecule has 0 aliphatic carbocycles. The topological polar surface area (TPSA) is 64.4 Å². The summed E-state index contributed by atoms with van der Waals surface area (Å²) < 4.78 is 0. The molecule has 1 aromatic rings. The molecule has 2 rings (SSSR count). The minimum Gasteiger partial charge on any atom is -0.372 e. The predicted molar refractivity (Wildman–Crippen MR) is 108 cm³/mol. The first kappa shape index (κ1) is 20.4. The second-order valence-corrected chi connectivity index (χ2v) is 6.67. The minimum absolute atomic E-state index is 0.0425. The molecule has 0 radical (unpaired) electrons. The van der Waals surface area contributed by atoms with Crippen molar-refractivity contribution in [3.63, 3.8) is 0 Å². The van der Waals surface area contributed by atoms with Crippen molar-refractivity contribution in [1.29, 1.82) is 5.26 Å². The third kappa shape index (κ3) is 3.95. The Bertz CT molecular complexity index is 824. The van der Waals surface area contributed by atoms with Crippen LogP contribution in [0.3, 0.4) is 0 Å². The third-order valence-electron chi connectivity index (χ3n) is 5.14. The van der Waals surface area contributed by atoms with Crippen LogP contribution < -0.4 is 4.90 Å². The molecular weight excluding hydrogens is 338 g/mol. The fraction of sp³-hybridized carbons (Fsp3) is 0.409. The number of carbonyl (C=O) groups is 2. The summed E-state index contributed by atoms with van der Waals surface area (Å²) in [7, 11) is 0. The molecule has 5 nitrogen and oxygen atoms in total. The SMILES string of the molecule is CCC(C)N1C(=O)C(C#N)=C(C)/C(=C\c2ccc(N(CC)CC)cc2)C1=O. The van der Waals surface area contributed by atoms with Crippen molar-refractivity contribution >= 4 is 23.6 Å². The lowest BCUT2D eigenvalue weighted by atomic mass is 9.92. The smallest absolute Gasteiger partial charge is 0.271 e. The van der Waals surface area contributed by atoms with Gasteiger partial charge in [-0.05, 0) is 63.5 Å². The zero-order valence-corrected chi connectivity index (χ0v) is 16.7. The highest BCUT2D eigenvalue weighted by Gasteiger charge is 2.37. The van der Waals surface area contributed by atoms with Gasteiger partial charge in [0.1, 0.15) is 11.6 Å². The van der Waals surface area contributed by atoms with Gasteiger partial charge in [0.25, 0.3) is 11.8 Å². The molecule has 1 heterocycles. The number of hydrogen-bond donors (Lipinski definition) is 0. The molecule has 1 aliphatic heterocycles. The van der Waals surface area contributed by atoms with Crippen LogP contribution in [0.2, 0.25) is 0 Å². The molecule has 5 heteroatoms. The molecule has 0 bridgehead atoms. The van der Waals surface area contributed by atoms with Gasteiger partial charge in [-0.1, -0.05) is 19.1 Å². The van der Waals surface area contributed by atoms with Gasteiger partial charge in [-0.3, -0.25) is 14.5 Å². The van der Waals surface area contributed by atoms with Crippen molar-refractivity contribution in [1.82, 2.24) is 4.90 Å².